The van der Waals surface area contributed by atoms with Crippen LogP contribution in [0.3, 0.4) is 0 Å². The van der Waals surface area contributed by atoms with Gasteiger partial charge >= 0.3 is 0 Å². The van der Waals surface area contributed by atoms with Crippen LogP contribution in [0.5, 0.6) is 0 Å². The van der Waals surface area contributed by atoms with Crippen molar-refractivity contribution < 1.29 is 4.92 Å². The molecule has 0 radical (unpaired) electrons. The number of aromatic nitrogens is 1. The first kappa shape index (κ1) is 12.7. The largest absolute Gasteiger partial charge is 0.308 e. The van der Waals surface area contributed by atoms with Crippen LogP contribution in [0.2, 0.25) is 0 Å². The minimum absolute atomic E-state index is 0.0443. The second kappa shape index (κ2) is 4.87. The second-order valence-electron chi connectivity index (χ2n) is 4.24. The summed E-state index contributed by atoms with van der Waals surface area (Å²) in [5.74, 6) is 0. The molecule has 18 heavy (non-hydrogen) atoms. The van der Waals surface area contributed by atoms with Crippen LogP contribution >= 0.6 is 11.5 Å². The van der Waals surface area contributed by atoms with E-state index in [0.29, 0.717) is 11.9 Å². The molecule has 1 aromatic carbocycles. The number of rotatable bonds is 4. The van der Waals surface area contributed by atoms with Crippen LogP contribution in [0.4, 0.5) is 5.69 Å². The van der Waals surface area contributed by atoms with Gasteiger partial charge in [-0.3, -0.25) is 18.9 Å². The van der Waals surface area contributed by atoms with Crippen molar-refractivity contribution in [3.05, 3.63) is 38.7 Å². The van der Waals surface area contributed by atoms with Crippen molar-refractivity contribution in [3.63, 3.8) is 0 Å². The number of nitro groups is 1. The molecule has 0 aliphatic rings. The number of nitrogens with zero attached hydrogens (tertiary/aromatic N) is 3. The maximum Gasteiger partial charge on any atom is 0.270 e. The number of nitro benzene ring substituents is 1. The van der Waals surface area contributed by atoms with E-state index in [-0.39, 0.29) is 11.2 Å². The summed E-state index contributed by atoms with van der Waals surface area (Å²) in [5.41, 5.74) is -0.197. The van der Waals surface area contributed by atoms with E-state index in [2.05, 4.69) is 0 Å². The molecule has 0 amide bonds. The van der Waals surface area contributed by atoms with Crippen LogP contribution in [0.25, 0.3) is 10.1 Å². The Morgan fingerprint density at radius 1 is 1.44 bits per heavy atom. The van der Waals surface area contributed by atoms with Crippen LogP contribution in [0, 0.1) is 10.1 Å². The summed E-state index contributed by atoms with van der Waals surface area (Å²) in [4.78, 5) is 24.2. The van der Waals surface area contributed by atoms with Crippen molar-refractivity contribution in [2.75, 3.05) is 20.6 Å². The number of hydrogen-bond acceptors (Lipinski definition) is 5. The van der Waals surface area contributed by atoms with Crippen molar-refractivity contribution in [1.82, 2.24) is 8.86 Å². The summed E-state index contributed by atoms with van der Waals surface area (Å²) >= 11 is 1.34. The number of non-ortho nitro benzene ring substituents is 1. The molecule has 1 heterocycles. The fraction of sp³-hybridized carbons (Fsp3) is 0.364. The standard InChI is InChI=1S/C11H13N3O3S/c1-12(2)5-6-13-11(15)9-7-8(14(16)17)3-4-10(9)18-13/h3-4,7H,5-6H2,1-2H3. The molecule has 7 heteroatoms. The predicted molar refractivity (Wildman–Crippen MR) is 71.3 cm³/mol. The van der Waals surface area contributed by atoms with Gasteiger partial charge in [-0.15, -0.1) is 0 Å². The first-order chi connectivity index (χ1) is 8.49. The van der Waals surface area contributed by atoms with E-state index >= 15 is 0 Å². The zero-order valence-corrected chi connectivity index (χ0v) is 10.9. The van der Waals surface area contributed by atoms with E-state index in [0.717, 1.165) is 11.2 Å². The predicted octanol–water partition coefficient (Wildman–Crippen LogP) is 1.53. The van der Waals surface area contributed by atoms with Gasteiger partial charge in [-0.05, 0) is 20.2 Å². The van der Waals surface area contributed by atoms with E-state index in [1.165, 1.54) is 23.7 Å². The van der Waals surface area contributed by atoms with Crippen molar-refractivity contribution in [2.24, 2.45) is 0 Å². The fourth-order valence-electron chi connectivity index (χ4n) is 1.61. The molecule has 96 valence electrons. The van der Waals surface area contributed by atoms with Gasteiger partial charge in [0.15, 0.2) is 0 Å². The van der Waals surface area contributed by atoms with Gasteiger partial charge in [0.25, 0.3) is 11.2 Å². The highest BCUT2D eigenvalue weighted by molar-refractivity contribution is 7.13. The highest BCUT2D eigenvalue weighted by atomic mass is 32.1. The van der Waals surface area contributed by atoms with Crippen molar-refractivity contribution in [3.8, 4) is 0 Å². The molecule has 0 saturated carbocycles. The lowest BCUT2D eigenvalue weighted by Gasteiger charge is -2.08. The van der Waals surface area contributed by atoms with Crippen LogP contribution < -0.4 is 5.56 Å². The summed E-state index contributed by atoms with van der Waals surface area (Å²) in [6.45, 7) is 1.35. The molecule has 6 nitrogen and oxygen atoms in total. The van der Waals surface area contributed by atoms with Crippen LogP contribution in [0.1, 0.15) is 0 Å². The van der Waals surface area contributed by atoms with Crippen molar-refractivity contribution in [1.29, 1.82) is 0 Å². The molecule has 2 aromatic rings. The summed E-state index contributed by atoms with van der Waals surface area (Å²) in [6, 6.07) is 4.40. The Bertz CT molecular complexity index is 645. The van der Waals surface area contributed by atoms with E-state index in [1.54, 1.807) is 10.0 Å². The molecule has 0 aliphatic carbocycles. The summed E-state index contributed by atoms with van der Waals surface area (Å²) in [5, 5.41) is 11.1. The zero-order chi connectivity index (χ0) is 13.3. The van der Waals surface area contributed by atoms with E-state index < -0.39 is 4.92 Å². The normalized spacial score (nSPS) is 11.3. The Morgan fingerprint density at radius 2 is 2.17 bits per heavy atom. The quantitative estimate of drug-likeness (QED) is 0.622. The first-order valence-electron chi connectivity index (χ1n) is 5.42. The molecule has 1 aromatic heterocycles. The van der Waals surface area contributed by atoms with Gasteiger partial charge in [0.2, 0.25) is 0 Å². The van der Waals surface area contributed by atoms with Crippen molar-refractivity contribution >= 4 is 27.3 Å². The highest BCUT2D eigenvalue weighted by Crippen LogP contribution is 2.22. The third kappa shape index (κ3) is 2.41. The lowest BCUT2D eigenvalue weighted by atomic mass is 10.2. The first-order valence-corrected chi connectivity index (χ1v) is 6.19. The Hall–Kier alpha value is -1.73. The summed E-state index contributed by atoms with van der Waals surface area (Å²) < 4.78 is 2.42. The molecular weight excluding hydrogens is 254 g/mol. The summed E-state index contributed by atoms with van der Waals surface area (Å²) in [7, 11) is 3.87. The fourth-order valence-corrected chi connectivity index (χ4v) is 2.58. The molecule has 0 atom stereocenters. The topological polar surface area (TPSA) is 68.4 Å². The third-order valence-corrected chi connectivity index (χ3v) is 3.71. The molecule has 0 saturated heterocycles. The number of likely N-dealkylation sites (N-methyl/N-ethyl adjacent to an activating group) is 1. The average Bonchev–Trinajstić information content (AvgIpc) is 2.63. The summed E-state index contributed by atoms with van der Waals surface area (Å²) in [6.07, 6.45) is 0. The molecule has 2 rings (SSSR count). The number of fused-ring (bicyclic) bond motifs is 1. The smallest absolute Gasteiger partial charge is 0.270 e. The monoisotopic (exact) mass is 267 g/mol. The van der Waals surface area contributed by atoms with Gasteiger partial charge in [-0.2, -0.15) is 0 Å². The van der Waals surface area contributed by atoms with Gasteiger partial charge < -0.3 is 4.90 Å². The van der Waals surface area contributed by atoms with E-state index in [4.69, 9.17) is 0 Å². The average molecular weight is 267 g/mol. The van der Waals surface area contributed by atoms with Gasteiger partial charge in [0.05, 0.1) is 15.0 Å². The maximum absolute atomic E-state index is 12.0. The molecule has 0 aliphatic heterocycles. The van der Waals surface area contributed by atoms with Gasteiger partial charge in [-0.1, -0.05) is 11.5 Å². The molecule has 0 fully saturated rings. The minimum Gasteiger partial charge on any atom is -0.308 e. The lowest BCUT2D eigenvalue weighted by Crippen LogP contribution is -2.22. The lowest BCUT2D eigenvalue weighted by molar-refractivity contribution is -0.384. The SMILES string of the molecule is CN(C)CCn1sc2ccc([N+](=O)[O-])cc2c1=O. The zero-order valence-electron chi connectivity index (χ0n) is 10.1. The van der Waals surface area contributed by atoms with Crippen LogP contribution in [0.15, 0.2) is 23.0 Å². The Labute approximate surface area is 107 Å². The Kier molecular flexibility index (Phi) is 3.44. The van der Waals surface area contributed by atoms with Gasteiger partial charge in [0.1, 0.15) is 0 Å². The highest BCUT2D eigenvalue weighted by Gasteiger charge is 2.12. The second-order valence-corrected chi connectivity index (χ2v) is 5.30. The van der Waals surface area contributed by atoms with E-state index in [1.807, 2.05) is 19.0 Å². The molecular formula is C11H13N3O3S. The number of hydrogen-bond donors (Lipinski definition) is 0. The van der Waals surface area contributed by atoms with E-state index in [9.17, 15) is 14.9 Å². The maximum atomic E-state index is 12.0. The Morgan fingerprint density at radius 3 is 2.78 bits per heavy atom. The van der Waals surface area contributed by atoms with Gasteiger partial charge in [0, 0.05) is 25.2 Å². The number of benzene rings is 1. The minimum atomic E-state index is -0.485. The molecule has 0 unspecified atom stereocenters. The van der Waals surface area contributed by atoms with Gasteiger partial charge in [-0.25, -0.2) is 0 Å². The van der Waals surface area contributed by atoms with Crippen LogP contribution in [-0.2, 0) is 6.54 Å². The molecule has 0 bridgehead atoms. The van der Waals surface area contributed by atoms with Crippen LogP contribution in [-0.4, -0.2) is 34.4 Å². The van der Waals surface area contributed by atoms with Crippen molar-refractivity contribution in [2.45, 2.75) is 6.54 Å². The Balaban J connectivity index is 2.43. The molecule has 0 spiro atoms. The third-order valence-electron chi connectivity index (χ3n) is 2.59. The molecule has 0 N–H and O–H groups in total.